The number of aliphatic hydroxyl groups excluding tert-OH is 1. The molecule has 0 atom stereocenters. The third-order valence-electron chi connectivity index (χ3n) is 6.41. The Hall–Kier alpha value is -4.65. The number of hydrogen-bond acceptors (Lipinski definition) is 8. The number of aliphatic hydroxyl groups is 1. The fraction of sp³-hybridized carbons (Fsp3) is 0.233. The van der Waals surface area contributed by atoms with E-state index in [-0.39, 0.29) is 37.2 Å². The van der Waals surface area contributed by atoms with E-state index in [4.69, 9.17) is 32.7 Å². The highest BCUT2D eigenvalue weighted by Crippen LogP contribution is 2.36. The average Bonchev–Trinajstić information content (AvgIpc) is 3.37. The lowest BCUT2D eigenvalue weighted by Crippen LogP contribution is -2.37. The van der Waals surface area contributed by atoms with Crippen LogP contribution in [0.1, 0.15) is 18.1 Å². The number of nitrogens with zero attached hydrogens (tertiary/aromatic N) is 4. The van der Waals surface area contributed by atoms with Crippen LogP contribution >= 0.6 is 23.2 Å². The number of halogens is 2. The fourth-order valence-electron chi connectivity index (χ4n) is 4.24. The average molecular weight is 642 g/mol. The zero-order valence-electron chi connectivity index (χ0n) is 24.1. The normalized spacial score (nSPS) is 11.0. The maximum Gasteiger partial charge on any atom is 0.297 e. The molecule has 0 unspecified atom stereocenters. The third-order valence-corrected chi connectivity index (χ3v) is 7.18. The van der Waals surface area contributed by atoms with Gasteiger partial charge < -0.3 is 30.1 Å². The van der Waals surface area contributed by atoms with E-state index in [0.717, 1.165) is 0 Å². The number of fused-ring (bicyclic) bond motifs is 1. The molecule has 14 heteroatoms. The standard InChI is InChI=1S/C30H30Cl2N6O6/c1-18(40)35-25-11-7-19(15-33-25)8-12-26(41)34-16-27(42)37(2)23-10-9-21(31)20(28(23)32)17-44-24-6-4-5-22-29(24)38(13-14-39)30(36-22)43-3/h4-12,15,39H,13-14,16-17H2,1-3H3,(H,34,41)(H,33,35,40)/b12-8+. The number of hydrogen-bond donors (Lipinski definition) is 3. The van der Waals surface area contributed by atoms with Crippen LogP contribution < -0.4 is 25.0 Å². The Kier molecular flexibility index (Phi) is 10.8. The van der Waals surface area contributed by atoms with Gasteiger partial charge in [0.15, 0.2) is 0 Å². The number of nitrogens with one attached hydrogen (secondary N) is 2. The SMILES string of the molecule is COc1nc2cccc(OCc3c(Cl)ccc(N(C)C(=O)CNC(=O)/C=C/c4ccc(NC(C)=O)nc4)c3Cl)c2n1CCO. The van der Waals surface area contributed by atoms with Crippen LogP contribution in [0.5, 0.6) is 11.8 Å². The summed E-state index contributed by atoms with van der Waals surface area (Å²) in [5, 5.41) is 15.2. The van der Waals surface area contributed by atoms with Gasteiger partial charge in [0.1, 0.15) is 23.7 Å². The van der Waals surface area contributed by atoms with Crippen LogP contribution in [0.2, 0.25) is 10.0 Å². The number of para-hydroxylation sites is 1. The van der Waals surface area contributed by atoms with Gasteiger partial charge in [0, 0.05) is 36.8 Å². The molecule has 230 valence electrons. The van der Waals surface area contributed by atoms with Crippen molar-refractivity contribution in [2.45, 2.75) is 20.1 Å². The number of rotatable bonds is 12. The van der Waals surface area contributed by atoms with Crippen molar-refractivity contribution >= 4 is 69.5 Å². The second kappa shape index (κ2) is 14.7. The first-order valence-electron chi connectivity index (χ1n) is 13.3. The Labute approximate surface area is 263 Å². The number of carbonyl (C=O) groups excluding carboxylic acids is 3. The van der Waals surface area contributed by atoms with Crippen molar-refractivity contribution in [3.05, 3.63) is 75.9 Å². The summed E-state index contributed by atoms with van der Waals surface area (Å²) in [6, 6.07) is 12.2. The van der Waals surface area contributed by atoms with Crippen molar-refractivity contribution in [1.82, 2.24) is 19.9 Å². The molecular formula is C30H30Cl2N6O6. The molecular weight excluding hydrogens is 611 g/mol. The summed E-state index contributed by atoms with van der Waals surface area (Å²) in [5.41, 5.74) is 2.72. The molecule has 3 amide bonds. The summed E-state index contributed by atoms with van der Waals surface area (Å²) in [7, 11) is 3.03. The number of carbonyl (C=O) groups is 3. The van der Waals surface area contributed by atoms with Gasteiger partial charge in [0.05, 0.1) is 43.0 Å². The molecule has 0 aliphatic carbocycles. The van der Waals surface area contributed by atoms with Crippen LogP contribution in [0, 0.1) is 0 Å². The van der Waals surface area contributed by atoms with E-state index in [2.05, 4.69) is 20.6 Å². The van der Waals surface area contributed by atoms with E-state index in [1.807, 2.05) is 0 Å². The third kappa shape index (κ3) is 7.64. The van der Waals surface area contributed by atoms with Gasteiger partial charge in [0.2, 0.25) is 17.7 Å². The van der Waals surface area contributed by atoms with Crippen LogP contribution in [0.4, 0.5) is 11.5 Å². The van der Waals surface area contributed by atoms with Crippen LogP contribution in [-0.4, -0.2) is 64.7 Å². The second-order valence-electron chi connectivity index (χ2n) is 9.41. The van der Waals surface area contributed by atoms with Gasteiger partial charge in [-0.3, -0.25) is 19.0 Å². The molecule has 0 bridgehead atoms. The summed E-state index contributed by atoms with van der Waals surface area (Å²) >= 11 is 13.2. The lowest BCUT2D eigenvalue weighted by molar-refractivity contribution is -0.122. The lowest BCUT2D eigenvalue weighted by Gasteiger charge is -2.21. The number of anilines is 2. The van der Waals surface area contributed by atoms with Crippen LogP contribution in [0.25, 0.3) is 17.1 Å². The molecule has 2 aromatic carbocycles. The highest BCUT2D eigenvalue weighted by Gasteiger charge is 2.20. The van der Waals surface area contributed by atoms with Gasteiger partial charge in [-0.2, -0.15) is 4.98 Å². The number of benzene rings is 2. The largest absolute Gasteiger partial charge is 0.487 e. The highest BCUT2D eigenvalue weighted by molar-refractivity contribution is 6.38. The summed E-state index contributed by atoms with van der Waals surface area (Å²) in [6.07, 6.45) is 4.30. The highest BCUT2D eigenvalue weighted by atomic mass is 35.5. The Bertz CT molecular complexity index is 1710. The smallest absolute Gasteiger partial charge is 0.297 e. The Morgan fingerprint density at radius 2 is 1.93 bits per heavy atom. The number of methoxy groups -OCH3 is 1. The molecule has 0 spiro atoms. The number of likely N-dealkylation sites (N-methyl/N-ethyl adjacent to an activating group) is 1. The van der Waals surface area contributed by atoms with E-state index in [9.17, 15) is 19.5 Å². The van der Waals surface area contributed by atoms with E-state index in [0.29, 0.717) is 50.4 Å². The van der Waals surface area contributed by atoms with E-state index >= 15 is 0 Å². The number of amides is 3. The van der Waals surface area contributed by atoms with Crippen molar-refractivity contribution in [3.63, 3.8) is 0 Å². The minimum absolute atomic E-state index is 0.0263. The minimum Gasteiger partial charge on any atom is -0.487 e. The van der Waals surface area contributed by atoms with E-state index in [1.165, 1.54) is 44.3 Å². The van der Waals surface area contributed by atoms with E-state index in [1.54, 1.807) is 47.0 Å². The molecule has 2 heterocycles. The van der Waals surface area contributed by atoms with Gasteiger partial charge in [-0.05, 0) is 48.0 Å². The van der Waals surface area contributed by atoms with Crippen molar-refractivity contribution in [2.24, 2.45) is 0 Å². The first-order valence-corrected chi connectivity index (χ1v) is 14.1. The maximum atomic E-state index is 12.9. The van der Waals surface area contributed by atoms with Crippen molar-refractivity contribution in [3.8, 4) is 11.8 Å². The number of imidazole rings is 1. The van der Waals surface area contributed by atoms with Crippen molar-refractivity contribution < 1.29 is 29.0 Å². The fourth-order valence-corrected chi connectivity index (χ4v) is 4.85. The first-order chi connectivity index (χ1) is 21.1. The molecule has 4 aromatic rings. The molecule has 12 nitrogen and oxygen atoms in total. The predicted molar refractivity (Wildman–Crippen MR) is 168 cm³/mol. The zero-order chi connectivity index (χ0) is 31.8. The summed E-state index contributed by atoms with van der Waals surface area (Å²) in [6.45, 7) is 1.19. The monoisotopic (exact) mass is 640 g/mol. The Balaban J connectivity index is 1.41. The number of pyridine rings is 1. The molecule has 0 saturated heterocycles. The summed E-state index contributed by atoms with van der Waals surface area (Å²) < 4.78 is 13.2. The molecule has 3 N–H and O–H groups in total. The van der Waals surface area contributed by atoms with Crippen LogP contribution in [0.3, 0.4) is 0 Å². The topological polar surface area (TPSA) is 148 Å². The number of aromatic nitrogens is 3. The zero-order valence-corrected chi connectivity index (χ0v) is 25.6. The van der Waals surface area contributed by atoms with Gasteiger partial charge in [-0.1, -0.05) is 29.3 Å². The molecule has 0 radical (unpaired) electrons. The summed E-state index contributed by atoms with van der Waals surface area (Å²) in [4.78, 5) is 46.2. The molecule has 2 aromatic heterocycles. The Morgan fingerprint density at radius 1 is 1.14 bits per heavy atom. The van der Waals surface area contributed by atoms with Gasteiger partial charge >= 0.3 is 0 Å². The van der Waals surface area contributed by atoms with E-state index < -0.39 is 11.8 Å². The maximum absolute atomic E-state index is 12.9. The lowest BCUT2D eigenvalue weighted by atomic mass is 10.2. The van der Waals surface area contributed by atoms with Crippen LogP contribution in [-0.2, 0) is 27.5 Å². The number of ether oxygens (including phenoxy) is 2. The van der Waals surface area contributed by atoms with Crippen LogP contribution in [0.15, 0.2) is 54.7 Å². The first kappa shape index (κ1) is 32.3. The van der Waals surface area contributed by atoms with Gasteiger partial charge in [-0.15, -0.1) is 0 Å². The molecule has 0 fully saturated rings. The summed E-state index contributed by atoms with van der Waals surface area (Å²) in [5.74, 6) is -0.275. The predicted octanol–water partition coefficient (Wildman–Crippen LogP) is 4.07. The van der Waals surface area contributed by atoms with Crippen molar-refractivity contribution in [2.75, 3.05) is 37.5 Å². The molecule has 0 saturated carbocycles. The molecule has 0 aliphatic heterocycles. The Morgan fingerprint density at radius 3 is 2.61 bits per heavy atom. The molecule has 0 aliphatic rings. The minimum atomic E-state index is -0.486. The van der Waals surface area contributed by atoms with Gasteiger partial charge in [-0.25, -0.2) is 4.98 Å². The second-order valence-corrected chi connectivity index (χ2v) is 10.2. The van der Waals surface area contributed by atoms with Crippen molar-refractivity contribution in [1.29, 1.82) is 0 Å². The molecule has 44 heavy (non-hydrogen) atoms. The quantitative estimate of drug-likeness (QED) is 0.196. The van der Waals surface area contributed by atoms with Gasteiger partial charge in [0.25, 0.3) is 6.01 Å². The molecule has 4 rings (SSSR count).